The van der Waals surface area contributed by atoms with Crippen molar-refractivity contribution in [2.45, 2.75) is 33.6 Å². The lowest BCUT2D eigenvalue weighted by Gasteiger charge is -2.12. The van der Waals surface area contributed by atoms with Crippen molar-refractivity contribution in [2.75, 3.05) is 0 Å². The quantitative estimate of drug-likeness (QED) is 0.777. The second-order valence-electron chi connectivity index (χ2n) is 4.08. The minimum Gasteiger partial charge on any atom is -0.406 e. The first kappa shape index (κ1) is 13.6. The average Bonchev–Trinajstić information content (AvgIpc) is 2.18. The Labute approximate surface area is 106 Å². The molecule has 0 aromatic carbocycles. The van der Waals surface area contributed by atoms with Gasteiger partial charge in [-0.05, 0) is 12.5 Å². The van der Waals surface area contributed by atoms with E-state index in [1.807, 2.05) is 13.8 Å². The maximum Gasteiger partial charge on any atom is 0.309 e. The minimum absolute atomic E-state index is 0.0634. The first-order chi connectivity index (χ1) is 7.82. The maximum absolute atomic E-state index is 11.0. The summed E-state index contributed by atoms with van der Waals surface area (Å²) >= 11 is 6.00. The van der Waals surface area contributed by atoms with E-state index in [0.717, 1.165) is 0 Å². The van der Waals surface area contributed by atoms with E-state index in [-0.39, 0.29) is 17.0 Å². The smallest absolute Gasteiger partial charge is 0.309 e. The molecule has 0 aliphatic rings. The molecule has 0 saturated carbocycles. The third-order valence-electron chi connectivity index (χ3n) is 2.04. The van der Waals surface area contributed by atoms with Gasteiger partial charge in [0, 0.05) is 12.8 Å². The van der Waals surface area contributed by atoms with Gasteiger partial charge in [-0.3, -0.25) is 4.79 Å². The summed E-state index contributed by atoms with van der Waals surface area (Å²) in [5.41, 5.74) is 1.69. The van der Waals surface area contributed by atoms with Crippen molar-refractivity contribution in [2.24, 2.45) is 0 Å². The second-order valence-corrected chi connectivity index (χ2v) is 4.44. The van der Waals surface area contributed by atoms with E-state index >= 15 is 0 Å². The molecule has 0 aliphatic heterocycles. The Balaban J connectivity index is 3.36. The number of hydrogen-bond donors (Lipinski definition) is 0. The number of nitrogens with zero attached hydrogens (tertiary/aromatic N) is 2. The Kier molecular flexibility index (Phi) is 4.23. The van der Waals surface area contributed by atoms with Crippen LogP contribution in [0.1, 0.15) is 45.0 Å². The molecule has 0 radical (unpaired) electrons. The molecule has 5 heteroatoms. The minimum atomic E-state index is -0.434. The molecular formula is C12H15ClN2O2. The number of aromatic nitrogens is 2. The summed E-state index contributed by atoms with van der Waals surface area (Å²) in [6.45, 7) is 10.7. The first-order valence-electron chi connectivity index (χ1n) is 5.24. The lowest BCUT2D eigenvalue weighted by atomic mass is 10.1. The van der Waals surface area contributed by atoms with Crippen LogP contribution in [0.2, 0.25) is 5.15 Å². The molecule has 1 aromatic rings. The van der Waals surface area contributed by atoms with Crippen LogP contribution >= 0.6 is 11.6 Å². The molecule has 0 atom stereocenters. The van der Waals surface area contributed by atoms with E-state index in [0.29, 0.717) is 17.0 Å². The summed E-state index contributed by atoms with van der Waals surface area (Å²) in [6.07, 6.45) is 0. The van der Waals surface area contributed by atoms with Gasteiger partial charge in [-0.1, -0.05) is 32.0 Å². The van der Waals surface area contributed by atoms with Crippen LogP contribution in [-0.2, 0) is 4.79 Å². The van der Waals surface area contributed by atoms with Gasteiger partial charge >= 0.3 is 5.97 Å². The van der Waals surface area contributed by atoms with Gasteiger partial charge in [0.15, 0.2) is 5.15 Å². The summed E-state index contributed by atoms with van der Waals surface area (Å²) in [5.74, 6) is -0.167. The zero-order valence-electron chi connectivity index (χ0n) is 10.4. The molecule has 17 heavy (non-hydrogen) atoms. The molecule has 0 bridgehead atoms. The lowest BCUT2D eigenvalue weighted by Crippen LogP contribution is -2.10. The fourth-order valence-corrected chi connectivity index (χ4v) is 1.56. The van der Waals surface area contributed by atoms with Crippen molar-refractivity contribution in [3.8, 4) is 5.88 Å². The van der Waals surface area contributed by atoms with Gasteiger partial charge in [0.2, 0.25) is 5.88 Å². The fourth-order valence-electron chi connectivity index (χ4n) is 1.27. The normalized spacial score (nSPS) is 10.5. The number of rotatable bonds is 3. The standard InChI is InChI=1S/C12H15ClN2O2/c1-6(2)9-11(13)14-10(7(3)4)12(15-9)17-8(5)16/h7H,1H2,2-5H3. The summed E-state index contributed by atoms with van der Waals surface area (Å²) in [5, 5.41) is 0.275. The maximum atomic E-state index is 11.0. The first-order valence-corrected chi connectivity index (χ1v) is 5.62. The van der Waals surface area contributed by atoms with E-state index in [2.05, 4.69) is 16.5 Å². The molecule has 0 amide bonds. The van der Waals surface area contributed by atoms with Crippen LogP contribution in [0, 0.1) is 0 Å². The monoisotopic (exact) mass is 254 g/mol. The Bertz CT molecular complexity index is 470. The van der Waals surface area contributed by atoms with Crippen molar-refractivity contribution < 1.29 is 9.53 Å². The number of halogens is 1. The van der Waals surface area contributed by atoms with Gasteiger partial charge in [0.05, 0.1) is 0 Å². The topological polar surface area (TPSA) is 52.1 Å². The van der Waals surface area contributed by atoms with Crippen LogP contribution in [0.3, 0.4) is 0 Å². The highest BCUT2D eigenvalue weighted by Crippen LogP contribution is 2.28. The van der Waals surface area contributed by atoms with Crippen LogP contribution in [0.25, 0.3) is 5.57 Å². The molecule has 1 heterocycles. The van der Waals surface area contributed by atoms with Crippen LogP contribution in [0.15, 0.2) is 6.58 Å². The van der Waals surface area contributed by atoms with Gasteiger partial charge in [-0.25, -0.2) is 9.97 Å². The summed E-state index contributed by atoms with van der Waals surface area (Å²) < 4.78 is 5.04. The average molecular weight is 255 g/mol. The Morgan fingerprint density at radius 2 is 1.94 bits per heavy atom. The molecule has 4 nitrogen and oxygen atoms in total. The molecule has 0 saturated heterocycles. The third kappa shape index (κ3) is 3.27. The number of carbonyl (C=O) groups excluding carboxylic acids is 1. The SMILES string of the molecule is C=C(C)c1nc(OC(C)=O)c(C(C)C)nc1Cl. The Morgan fingerprint density at radius 1 is 1.35 bits per heavy atom. The van der Waals surface area contributed by atoms with Gasteiger partial charge in [-0.15, -0.1) is 0 Å². The van der Waals surface area contributed by atoms with Crippen molar-refractivity contribution in [1.82, 2.24) is 9.97 Å². The van der Waals surface area contributed by atoms with Gasteiger partial charge in [-0.2, -0.15) is 0 Å². The molecular weight excluding hydrogens is 240 g/mol. The summed E-state index contributed by atoms with van der Waals surface area (Å²) in [6, 6.07) is 0. The van der Waals surface area contributed by atoms with E-state index in [4.69, 9.17) is 16.3 Å². The molecule has 0 aliphatic carbocycles. The van der Waals surface area contributed by atoms with Gasteiger partial charge in [0.25, 0.3) is 0 Å². The molecule has 0 unspecified atom stereocenters. The number of carbonyl (C=O) groups is 1. The highest BCUT2D eigenvalue weighted by atomic mass is 35.5. The molecule has 1 rings (SSSR count). The van der Waals surface area contributed by atoms with Gasteiger partial charge < -0.3 is 4.74 Å². The van der Waals surface area contributed by atoms with Crippen molar-refractivity contribution in [3.63, 3.8) is 0 Å². The largest absolute Gasteiger partial charge is 0.406 e. The highest BCUT2D eigenvalue weighted by molar-refractivity contribution is 6.30. The predicted octanol–water partition coefficient (Wildman–Crippen LogP) is 3.21. The highest BCUT2D eigenvalue weighted by Gasteiger charge is 2.17. The summed E-state index contributed by atoms with van der Waals surface area (Å²) in [4.78, 5) is 19.4. The molecule has 0 spiro atoms. The molecule has 92 valence electrons. The number of allylic oxidation sites excluding steroid dienone is 1. The van der Waals surface area contributed by atoms with Gasteiger partial charge in [0.1, 0.15) is 11.4 Å². The van der Waals surface area contributed by atoms with E-state index in [1.165, 1.54) is 6.92 Å². The lowest BCUT2D eigenvalue weighted by molar-refractivity contribution is -0.132. The van der Waals surface area contributed by atoms with Crippen LogP contribution in [0.4, 0.5) is 0 Å². The summed E-state index contributed by atoms with van der Waals surface area (Å²) in [7, 11) is 0. The van der Waals surface area contributed by atoms with Crippen LogP contribution in [0.5, 0.6) is 5.88 Å². The predicted molar refractivity (Wildman–Crippen MR) is 67.1 cm³/mol. The van der Waals surface area contributed by atoms with Crippen molar-refractivity contribution in [1.29, 1.82) is 0 Å². The number of esters is 1. The Hall–Kier alpha value is -1.42. The van der Waals surface area contributed by atoms with E-state index in [1.54, 1.807) is 6.92 Å². The zero-order valence-corrected chi connectivity index (χ0v) is 11.1. The fraction of sp³-hybridized carbons (Fsp3) is 0.417. The zero-order chi connectivity index (χ0) is 13.2. The van der Waals surface area contributed by atoms with E-state index in [9.17, 15) is 4.79 Å². The van der Waals surface area contributed by atoms with Crippen LogP contribution in [-0.4, -0.2) is 15.9 Å². The van der Waals surface area contributed by atoms with Crippen molar-refractivity contribution >= 4 is 23.1 Å². The number of ether oxygens (including phenoxy) is 1. The number of hydrogen-bond acceptors (Lipinski definition) is 4. The third-order valence-corrected chi connectivity index (χ3v) is 2.30. The Morgan fingerprint density at radius 3 is 2.35 bits per heavy atom. The second kappa shape index (κ2) is 5.27. The van der Waals surface area contributed by atoms with Crippen molar-refractivity contribution in [3.05, 3.63) is 23.1 Å². The van der Waals surface area contributed by atoms with Crippen LogP contribution < -0.4 is 4.74 Å². The van der Waals surface area contributed by atoms with E-state index < -0.39 is 5.97 Å². The molecule has 0 fully saturated rings. The molecule has 1 aromatic heterocycles. The molecule has 0 N–H and O–H groups in total.